The van der Waals surface area contributed by atoms with Crippen LogP contribution in [0.1, 0.15) is 258 Å². The minimum Gasteiger partial charge on any atom is -0.462 e. The summed E-state index contributed by atoms with van der Waals surface area (Å²) in [7, 11) is 0. The van der Waals surface area contributed by atoms with E-state index < -0.39 is 6.10 Å². The maximum Gasteiger partial charge on any atom is 0.306 e. The summed E-state index contributed by atoms with van der Waals surface area (Å²) >= 11 is 0. The lowest BCUT2D eigenvalue weighted by atomic mass is 10.0. The molecule has 0 unspecified atom stereocenters. The molecule has 0 aromatic heterocycles. The van der Waals surface area contributed by atoms with Gasteiger partial charge in [0.1, 0.15) is 13.2 Å². The third-order valence-electron chi connectivity index (χ3n) is 12.2. The quantitative estimate of drug-likeness (QED) is 0.0261. The number of rotatable bonds is 52. The zero-order chi connectivity index (χ0) is 52.2. The molecular weight excluding hydrogens is 889 g/mol. The second-order valence-electron chi connectivity index (χ2n) is 19.2. The van der Waals surface area contributed by atoms with E-state index in [0.717, 1.165) is 96.3 Å². The van der Waals surface area contributed by atoms with Crippen molar-refractivity contribution in [3.05, 3.63) is 122 Å². The molecule has 0 aliphatic rings. The molecule has 0 saturated heterocycles. The van der Waals surface area contributed by atoms with Gasteiger partial charge in [0.05, 0.1) is 0 Å². The molecule has 408 valence electrons. The Balaban J connectivity index is 4.57. The Hall–Kier alpha value is -4.19. The van der Waals surface area contributed by atoms with Crippen LogP contribution in [-0.4, -0.2) is 37.2 Å². The third kappa shape index (κ3) is 56.7. The first kappa shape index (κ1) is 67.8. The van der Waals surface area contributed by atoms with Gasteiger partial charge in [-0.05, 0) is 103 Å². The molecule has 0 rings (SSSR count). The van der Waals surface area contributed by atoms with Crippen molar-refractivity contribution in [2.75, 3.05) is 13.2 Å². The van der Waals surface area contributed by atoms with E-state index >= 15 is 0 Å². The van der Waals surface area contributed by atoms with Crippen molar-refractivity contribution in [2.24, 2.45) is 0 Å². The highest BCUT2D eigenvalue weighted by atomic mass is 16.6. The number of allylic oxidation sites excluding steroid dienone is 20. The van der Waals surface area contributed by atoms with Gasteiger partial charge in [-0.3, -0.25) is 14.4 Å². The molecule has 0 aliphatic heterocycles. The highest BCUT2D eigenvalue weighted by Gasteiger charge is 2.19. The van der Waals surface area contributed by atoms with E-state index in [0.29, 0.717) is 19.3 Å². The fourth-order valence-corrected chi connectivity index (χ4v) is 7.80. The largest absolute Gasteiger partial charge is 0.462 e. The van der Waals surface area contributed by atoms with Crippen molar-refractivity contribution in [3.8, 4) is 0 Å². The molecule has 0 amide bonds. The molecule has 72 heavy (non-hydrogen) atoms. The van der Waals surface area contributed by atoms with Crippen molar-refractivity contribution in [2.45, 2.75) is 264 Å². The molecule has 0 aromatic carbocycles. The van der Waals surface area contributed by atoms with Crippen LogP contribution in [0.3, 0.4) is 0 Å². The molecule has 0 saturated carbocycles. The lowest BCUT2D eigenvalue weighted by Gasteiger charge is -2.18. The average Bonchev–Trinajstić information content (AvgIpc) is 3.38. The van der Waals surface area contributed by atoms with Crippen molar-refractivity contribution < 1.29 is 28.6 Å². The minimum atomic E-state index is -0.828. The highest BCUT2D eigenvalue weighted by molar-refractivity contribution is 5.71. The Morgan fingerprint density at radius 1 is 0.292 bits per heavy atom. The molecule has 0 fully saturated rings. The van der Waals surface area contributed by atoms with Crippen LogP contribution < -0.4 is 0 Å². The second kappa shape index (κ2) is 59.4. The summed E-state index contributed by atoms with van der Waals surface area (Å²) in [6, 6.07) is 0. The van der Waals surface area contributed by atoms with Crippen LogP contribution in [0.25, 0.3) is 0 Å². The molecule has 0 bridgehead atoms. The predicted molar refractivity (Wildman–Crippen MR) is 311 cm³/mol. The van der Waals surface area contributed by atoms with Crippen molar-refractivity contribution in [3.63, 3.8) is 0 Å². The topological polar surface area (TPSA) is 78.9 Å². The molecule has 0 aliphatic carbocycles. The lowest BCUT2D eigenvalue weighted by Crippen LogP contribution is -2.30. The molecule has 0 radical (unpaired) electrons. The van der Waals surface area contributed by atoms with Gasteiger partial charge < -0.3 is 14.2 Å². The first-order chi connectivity index (χ1) is 35.5. The molecule has 0 aromatic rings. The number of carbonyl (C=O) groups excluding carboxylic acids is 3. The summed E-state index contributed by atoms with van der Waals surface area (Å²) in [5.74, 6) is -1.03. The minimum absolute atomic E-state index is 0.115. The third-order valence-corrected chi connectivity index (χ3v) is 12.2. The van der Waals surface area contributed by atoms with Crippen molar-refractivity contribution in [1.29, 1.82) is 0 Å². The molecule has 6 nitrogen and oxygen atoms in total. The van der Waals surface area contributed by atoms with Gasteiger partial charge >= 0.3 is 17.9 Å². The van der Waals surface area contributed by atoms with Crippen LogP contribution in [0.4, 0.5) is 0 Å². The number of hydrogen-bond acceptors (Lipinski definition) is 6. The van der Waals surface area contributed by atoms with Gasteiger partial charge in [0.15, 0.2) is 6.10 Å². The fourth-order valence-electron chi connectivity index (χ4n) is 7.80. The van der Waals surface area contributed by atoms with E-state index in [2.05, 4.69) is 136 Å². The Bertz CT molecular complexity index is 1520. The summed E-state index contributed by atoms with van der Waals surface area (Å²) in [4.78, 5) is 38.2. The SMILES string of the molecule is CC/C=C/C/C=C/C/C=C/C/C=C/C/C=C/C/C=C/CCC(=O)OC[C@@H](COC(=O)CCCCCCCCCCCCCCCCCC)OC(=O)CCCCC/C=C/C/C=C/C/C=C/C/C=C/CCCCC. The molecular formula is C66H108O6. The summed E-state index contributed by atoms with van der Waals surface area (Å²) in [5, 5.41) is 0. The van der Waals surface area contributed by atoms with Gasteiger partial charge in [0.2, 0.25) is 0 Å². The van der Waals surface area contributed by atoms with Gasteiger partial charge in [-0.2, -0.15) is 0 Å². The van der Waals surface area contributed by atoms with E-state index in [4.69, 9.17) is 14.2 Å². The zero-order valence-corrected chi connectivity index (χ0v) is 46.7. The van der Waals surface area contributed by atoms with E-state index in [1.807, 2.05) is 6.08 Å². The van der Waals surface area contributed by atoms with E-state index in [9.17, 15) is 14.4 Å². The van der Waals surface area contributed by atoms with Crippen LogP contribution in [0.15, 0.2) is 122 Å². The van der Waals surface area contributed by atoms with E-state index in [1.54, 1.807) is 0 Å². The number of esters is 3. The zero-order valence-electron chi connectivity index (χ0n) is 46.7. The number of unbranched alkanes of at least 4 members (excludes halogenated alkanes) is 21. The Kier molecular flexibility index (Phi) is 55.9. The summed E-state index contributed by atoms with van der Waals surface area (Å²) < 4.78 is 16.8. The van der Waals surface area contributed by atoms with Gasteiger partial charge in [0.25, 0.3) is 0 Å². The molecule has 0 spiro atoms. The summed E-state index contributed by atoms with van der Waals surface area (Å²) in [6.07, 6.45) is 82.0. The first-order valence-electron chi connectivity index (χ1n) is 29.5. The maximum absolute atomic E-state index is 12.9. The van der Waals surface area contributed by atoms with E-state index in [-0.39, 0.29) is 44.0 Å². The van der Waals surface area contributed by atoms with Gasteiger partial charge in [-0.1, -0.05) is 258 Å². The molecule has 0 heterocycles. The smallest absolute Gasteiger partial charge is 0.306 e. The predicted octanol–water partition coefficient (Wildman–Crippen LogP) is 20.0. The highest BCUT2D eigenvalue weighted by Crippen LogP contribution is 2.15. The number of ether oxygens (including phenoxy) is 3. The average molecular weight is 998 g/mol. The standard InChI is InChI=1S/C66H108O6/c1-4-7-10-13-16-19-22-25-28-31-33-35-38-41-44-47-50-53-56-59-65(68)71-62-63(61-70-64(67)58-55-52-49-46-43-40-37-30-27-24-21-18-15-12-9-6-3)72-66(69)60-57-54-51-48-45-42-39-36-34-32-29-26-23-20-17-14-11-8-5-2/h7,10,16-17,19-20,25-26,28-29,33-36,41-42,44-45,50,53,63H,4-6,8-9,11-15,18,21-24,27,30-32,37-40,43,46-49,51-52,54-62H2,1-3H3/b10-7+,19-16+,20-17+,28-25+,29-26+,35-33+,36-34+,44-41+,45-42+,53-50+/t63-/m1/s1. The second-order valence-corrected chi connectivity index (χ2v) is 19.2. The maximum atomic E-state index is 12.9. The molecule has 1 atom stereocenters. The van der Waals surface area contributed by atoms with Crippen LogP contribution >= 0.6 is 0 Å². The first-order valence-corrected chi connectivity index (χ1v) is 29.5. The lowest BCUT2D eigenvalue weighted by molar-refractivity contribution is -0.166. The monoisotopic (exact) mass is 997 g/mol. The van der Waals surface area contributed by atoms with Gasteiger partial charge in [-0.15, -0.1) is 0 Å². The van der Waals surface area contributed by atoms with Crippen molar-refractivity contribution >= 4 is 17.9 Å². The fraction of sp³-hybridized carbons (Fsp3) is 0.652. The van der Waals surface area contributed by atoms with Gasteiger partial charge in [0, 0.05) is 19.3 Å². The Labute approximate surface area is 443 Å². The Morgan fingerprint density at radius 3 is 0.958 bits per heavy atom. The molecule has 6 heteroatoms. The molecule has 0 N–H and O–H groups in total. The van der Waals surface area contributed by atoms with Crippen LogP contribution in [0.5, 0.6) is 0 Å². The number of carbonyl (C=O) groups is 3. The number of hydrogen-bond donors (Lipinski definition) is 0. The van der Waals surface area contributed by atoms with Crippen LogP contribution in [0, 0.1) is 0 Å². The van der Waals surface area contributed by atoms with E-state index in [1.165, 1.54) is 109 Å². The normalized spacial score (nSPS) is 13.0. The van der Waals surface area contributed by atoms with Crippen molar-refractivity contribution in [1.82, 2.24) is 0 Å². The van der Waals surface area contributed by atoms with Crippen LogP contribution in [-0.2, 0) is 28.6 Å². The summed E-state index contributed by atoms with van der Waals surface area (Å²) in [6.45, 7) is 6.41. The Morgan fingerprint density at radius 2 is 0.569 bits per heavy atom. The van der Waals surface area contributed by atoms with Gasteiger partial charge in [-0.25, -0.2) is 0 Å². The summed E-state index contributed by atoms with van der Waals surface area (Å²) in [5.41, 5.74) is 0. The van der Waals surface area contributed by atoms with Crippen LogP contribution in [0.2, 0.25) is 0 Å².